The van der Waals surface area contributed by atoms with E-state index in [0.717, 1.165) is 17.1 Å². The van der Waals surface area contributed by atoms with Crippen LogP contribution in [0.15, 0.2) is 188 Å². The summed E-state index contributed by atoms with van der Waals surface area (Å²) < 4.78 is 0. The molecular weight excluding hydrogens is 627 g/mol. The molecule has 0 heterocycles. The van der Waals surface area contributed by atoms with Gasteiger partial charge in [0.2, 0.25) is 0 Å². The number of para-hydroxylation sites is 2. The van der Waals surface area contributed by atoms with E-state index in [1.807, 2.05) is 0 Å². The van der Waals surface area contributed by atoms with Crippen LogP contribution in [0.3, 0.4) is 0 Å². The molecule has 9 aromatic rings. The summed E-state index contributed by atoms with van der Waals surface area (Å²) in [4.78, 5) is 2.37. The summed E-state index contributed by atoms with van der Waals surface area (Å²) in [5.41, 5.74) is 13.3. The van der Waals surface area contributed by atoms with Crippen LogP contribution in [-0.4, -0.2) is 0 Å². The maximum absolute atomic E-state index is 2.48. The molecule has 10 rings (SSSR count). The molecule has 0 saturated carbocycles. The Morgan fingerprint density at radius 3 is 1.50 bits per heavy atom. The Labute approximate surface area is 305 Å². The van der Waals surface area contributed by atoms with Crippen LogP contribution in [0.4, 0.5) is 17.1 Å². The van der Waals surface area contributed by atoms with E-state index in [-0.39, 0.29) is 0 Å². The summed E-state index contributed by atoms with van der Waals surface area (Å²) >= 11 is 0. The number of rotatable bonds is 5. The van der Waals surface area contributed by atoms with Gasteiger partial charge in [0.15, 0.2) is 0 Å². The third kappa shape index (κ3) is 4.49. The number of hydrogen-bond acceptors (Lipinski definition) is 1. The molecule has 1 aliphatic carbocycles. The highest BCUT2D eigenvalue weighted by Crippen LogP contribution is 2.61. The highest BCUT2D eigenvalue weighted by molar-refractivity contribution is 6.20. The Hall–Kier alpha value is -6.44. The maximum Gasteiger partial charge on any atom is 0.0720 e. The van der Waals surface area contributed by atoms with Crippen LogP contribution in [-0.2, 0) is 5.41 Å². The molecule has 52 heavy (non-hydrogen) atoms. The SMILES string of the molecule is Cc1ccc(C2(c3ccc(C)cc3)c3cc4ccccc4cc3-c3c2c2ccccc2c2cc(N(c4ccccc4)c4ccccc4)ccc32)cc1. The summed E-state index contributed by atoms with van der Waals surface area (Å²) in [7, 11) is 0. The molecule has 0 spiro atoms. The fraction of sp³-hybridized carbons (Fsp3) is 0.0588. The molecular formula is C51H37N. The van der Waals surface area contributed by atoms with Gasteiger partial charge in [-0.1, -0.05) is 151 Å². The van der Waals surface area contributed by atoms with E-state index in [4.69, 9.17) is 0 Å². The minimum atomic E-state index is -0.525. The summed E-state index contributed by atoms with van der Waals surface area (Å²) in [6.45, 7) is 4.36. The van der Waals surface area contributed by atoms with Crippen molar-refractivity contribution < 1.29 is 0 Å². The molecule has 0 saturated heterocycles. The van der Waals surface area contributed by atoms with Crippen molar-refractivity contribution in [2.24, 2.45) is 0 Å². The second-order valence-corrected chi connectivity index (χ2v) is 14.3. The largest absolute Gasteiger partial charge is 0.310 e. The normalized spacial score (nSPS) is 13.0. The fourth-order valence-corrected chi connectivity index (χ4v) is 8.85. The first kappa shape index (κ1) is 30.4. The van der Waals surface area contributed by atoms with E-state index in [9.17, 15) is 0 Å². The lowest BCUT2D eigenvalue weighted by atomic mass is 9.66. The minimum Gasteiger partial charge on any atom is -0.310 e. The van der Waals surface area contributed by atoms with Gasteiger partial charge in [-0.15, -0.1) is 0 Å². The van der Waals surface area contributed by atoms with E-state index in [0.29, 0.717) is 0 Å². The molecule has 246 valence electrons. The number of fused-ring (bicyclic) bond motifs is 9. The van der Waals surface area contributed by atoms with E-state index in [1.54, 1.807) is 0 Å². The van der Waals surface area contributed by atoms with Crippen molar-refractivity contribution in [2.75, 3.05) is 4.90 Å². The highest BCUT2D eigenvalue weighted by atomic mass is 15.1. The first-order chi connectivity index (χ1) is 25.6. The lowest BCUT2D eigenvalue weighted by Gasteiger charge is -2.35. The fourth-order valence-electron chi connectivity index (χ4n) is 8.85. The van der Waals surface area contributed by atoms with Crippen LogP contribution < -0.4 is 4.90 Å². The van der Waals surface area contributed by atoms with Crippen LogP contribution in [0.25, 0.3) is 43.4 Å². The Bertz CT molecular complexity index is 2690. The zero-order valence-electron chi connectivity index (χ0n) is 29.3. The number of benzene rings is 9. The van der Waals surface area contributed by atoms with Gasteiger partial charge in [0, 0.05) is 17.1 Å². The first-order valence-corrected chi connectivity index (χ1v) is 18.2. The quantitative estimate of drug-likeness (QED) is 0.166. The summed E-state index contributed by atoms with van der Waals surface area (Å²) in [5.74, 6) is 0. The Morgan fingerprint density at radius 2 is 0.904 bits per heavy atom. The van der Waals surface area contributed by atoms with Crippen molar-refractivity contribution in [1.82, 2.24) is 0 Å². The van der Waals surface area contributed by atoms with Crippen LogP contribution in [0.5, 0.6) is 0 Å². The second-order valence-electron chi connectivity index (χ2n) is 14.3. The van der Waals surface area contributed by atoms with Crippen molar-refractivity contribution in [3.63, 3.8) is 0 Å². The van der Waals surface area contributed by atoms with E-state index >= 15 is 0 Å². The van der Waals surface area contributed by atoms with Gasteiger partial charge in [-0.25, -0.2) is 0 Å². The van der Waals surface area contributed by atoms with E-state index < -0.39 is 5.41 Å². The molecule has 0 radical (unpaired) electrons. The number of nitrogens with zero attached hydrogens (tertiary/aromatic N) is 1. The van der Waals surface area contributed by atoms with Gasteiger partial charge in [-0.2, -0.15) is 0 Å². The Kier molecular flexibility index (Phi) is 6.91. The molecule has 9 aromatic carbocycles. The standard InChI is InChI=1S/C51H37N/c1-34-21-25-38(26-22-34)51(39-27-23-35(2)24-28-39)48-32-37-14-10-9-13-36(37)31-47(48)49-44-30-29-42(33-46(44)43-19-11-12-20-45(43)50(49)51)52(40-15-5-3-6-16-40)41-17-7-4-8-18-41/h3-33H,1-2H3. The minimum absolute atomic E-state index is 0.525. The van der Waals surface area contributed by atoms with Crippen LogP contribution >= 0.6 is 0 Å². The summed E-state index contributed by atoms with van der Waals surface area (Å²) in [5, 5.41) is 7.60. The number of aryl methyl sites for hydroxylation is 2. The van der Waals surface area contributed by atoms with Gasteiger partial charge in [0.25, 0.3) is 0 Å². The third-order valence-corrected chi connectivity index (χ3v) is 11.2. The van der Waals surface area contributed by atoms with Crippen molar-refractivity contribution in [1.29, 1.82) is 0 Å². The van der Waals surface area contributed by atoms with Gasteiger partial charge in [0.05, 0.1) is 5.41 Å². The van der Waals surface area contributed by atoms with Gasteiger partial charge in [0.1, 0.15) is 0 Å². The summed E-state index contributed by atoms with van der Waals surface area (Å²) in [6, 6.07) is 69.9. The molecule has 1 nitrogen and oxygen atoms in total. The molecule has 0 amide bonds. The van der Waals surface area contributed by atoms with Gasteiger partial charge in [-0.3, -0.25) is 0 Å². The van der Waals surface area contributed by atoms with Crippen LogP contribution in [0.2, 0.25) is 0 Å². The molecule has 0 N–H and O–H groups in total. The van der Waals surface area contributed by atoms with Crippen molar-refractivity contribution in [3.8, 4) is 11.1 Å². The van der Waals surface area contributed by atoms with Crippen molar-refractivity contribution >= 4 is 49.4 Å². The maximum atomic E-state index is 2.48. The lowest BCUT2D eigenvalue weighted by Crippen LogP contribution is -2.29. The van der Waals surface area contributed by atoms with Gasteiger partial charge in [-0.05, 0) is 128 Å². The Balaban J connectivity index is 1.37. The van der Waals surface area contributed by atoms with Gasteiger partial charge < -0.3 is 4.90 Å². The smallest absolute Gasteiger partial charge is 0.0720 e. The predicted molar refractivity (Wildman–Crippen MR) is 220 cm³/mol. The van der Waals surface area contributed by atoms with E-state index in [1.165, 1.54) is 76.8 Å². The molecule has 1 aliphatic rings. The summed E-state index contributed by atoms with van der Waals surface area (Å²) in [6.07, 6.45) is 0. The third-order valence-electron chi connectivity index (χ3n) is 11.2. The molecule has 0 aromatic heterocycles. The topological polar surface area (TPSA) is 3.24 Å². The van der Waals surface area contributed by atoms with Crippen LogP contribution in [0.1, 0.15) is 33.4 Å². The second kappa shape index (κ2) is 11.8. The van der Waals surface area contributed by atoms with Crippen LogP contribution in [0, 0.1) is 13.8 Å². The molecule has 0 atom stereocenters. The average Bonchev–Trinajstić information content (AvgIpc) is 3.49. The van der Waals surface area contributed by atoms with Crippen molar-refractivity contribution in [3.05, 3.63) is 221 Å². The highest BCUT2D eigenvalue weighted by Gasteiger charge is 2.48. The number of anilines is 3. The molecule has 0 bridgehead atoms. The molecule has 0 unspecified atom stereocenters. The lowest BCUT2D eigenvalue weighted by molar-refractivity contribution is 0.776. The molecule has 0 aliphatic heterocycles. The Morgan fingerprint density at radius 1 is 0.385 bits per heavy atom. The monoisotopic (exact) mass is 663 g/mol. The molecule has 0 fully saturated rings. The zero-order valence-corrected chi connectivity index (χ0v) is 29.3. The predicted octanol–water partition coefficient (Wildman–Crippen LogP) is 13.6. The van der Waals surface area contributed by atoms with E-state index in [2.05, 4.69) is 207 Å². The zero-order chi connectivity index (χ0) is 34.8. The number of hydrogen-bond donors (Lipinski definition) is 0. The average molecular weight is 664 g/mol. The first-order valence-electron chi connectivity index (χ1n) is 18.2. The van der Waals surface area contributed by atoms with Crippen molar-refractivity contribution in [2.45, 2.75) is 19.3 Å². The van der Waals surface area contributed by atoms with Gasteiger partial charge >= 0.3 is 0 Å². The molecule has 1 heteroatoms.